The molecule has 0 aliphatic carbocycles. The van der Waals surface area contributed by atoms with Crippen molar-refractivity contribution >= 4 is 39.1 Å². The molecule has 130 valence electrons. The minimum absolute atomic E-state index is 0.178. The highest BCUT2D eigenvalue weighted by Gasteiger charge is 2.27. The van der Waals surface area contributed by atoms with E-state index in [1.807, 2.05) is 36.4 Å². The van der Waals surface area contributed by atoms with Crippen LogP contribution in [-0.2, 0) is 6.42 Å². The number of amides is 2. The molecule has 0 saturated heterocycles. The molecule has 1 aliphatic rings. The third-order valence-electron chi connectivity index (χ3n) is 4.33. The van der Waals surface area contributed by atoms with Crippen LogP contribution in [0.1, 0.15) is 26.5 Å². The Morgan fingerprint density at radius 2 is 1.92 bits per heavy atom. The van der Waals surface area contributed by atoms with E-state index in [-0.39, 0.29) is 11.8 Å². The maximum Gasteiger partial charge on any atom is 0.293 e. The monoisotopic (exact) mass is 410 g/mol. The van der Waals surface area contributed by atoms with Crippen LogP contribution in [0.3, 0.4) is 0 Å². The predicted octanol–water partition coefficient (Wildman–Crippen LogP) is 4.50. The Balaban J connectivity index is 1.59. The average molecular weight is 411 g/mol. The Kier molecular flexibility index (Phi) is 4.34. The molecular weight excluding hydrogens is 396 g/mol. The van der Waals surface area contributed by atoms with Gasteiger partial charge in [-0.3, -0.25) is 9.59 Å². The second-order valence-electron chi connectivity index (χ2n) is 5.96. The largest absolute Gasteiger partial charge is 0.459 e. The fourth-order valence-corrected chi connectivity index (χ4v) is 3.51. The second-order valence-corrected chi connectivity index (χ2v) is 6.82. The summed E-state index contributed by atoms with van der Waals surface area (Å²) < 4.78 is 5.95. The molecule has 0 atom stereocenters. The summed E-state index contributed by atoms with van der Waals surface area (Å²) in [5, 5.41) is 2.89. The van der Waals surface area contributed by atoms with E-state index in [1.54, 1.807) is 23.1 Å². The number of furan rings is 1. The highest BCUT2D eigenvalue weighted by molar-refractivity contribution is 9.10. The van der Waals surface area contributed by atoms with Gasteiger partial charge in [-0.25, -0.2) is 0 Å². The van der Waals surface area contributed by atoms with Crippen LogP contribution in [-0.4, -0.2) is 18.4 Å². The van der Waals surface area contributed by atoms with Crippen LogP contribution in [0, 0.1) is 0 Å². The van der Waals surface area contributed by atoms with Gasteiger partial charge in [-0.1, -0.05) is 18.2 Å². The van der Waals surface area contributed by atoms with Crippen LogP contribution in [0.5, 0.6) is 0 Å². The number of rotatable bonds is 3. The second kappa shape index (κ2) is 6.80. The first-order valence-electron chi connectivity index (χ1n) is 8.17. The van der Waals surface area contributed by atoms with Crippen LogP contribution in [0.2, 0.25) is 0 Å². The van der Waals surface area contributed by atoms with Gasteiger partial charge in [-0.15, -0.1) is 0 Å². The molecule has 0 bridgehead atoms. The number of halogens is 1. The van der Waals surface area contributed by atoms with Crippen molar-refractivity contribution in [2.24, 2.45) is 0 Å². The molecule has 4 rings (SSSR count). The zero-order valence-corrected chi connectivity index (χ0v) is 15.3. The van der Waals surface area contributed by atoms with Gasteiger partial charge >= 0.3 is 0 Å². The van der Waals surface area contributed by atoms with Gasteiger partial charge in [-0.05, 0) is 64.3 Å². The first-order chi connectivity index (χ1) is 12.6. The lowest BCUT2D eigenvalue weighted by molar-refractivity contribution is 0.0962. The first kappa shape index (κ1) is 16.6. The third-order valence-corrected chi connectivity index (χ3v) is 5.03. The van der Waals surface area contributed by atoms with Crippen molar-refractivity contribution in [3.63, 3.8) is 0 Å². The van der Waals surface area contributed by atoms with E-state index in [2.05, 4.69) is 21.2 Å². The number of nitrogens with zero attached hydrogens (tertiary/aromatic N) is 1. The average Bonchev–Trinajstić information content (AvgIpc) is 3.31. The maximum absolute atomic E-state index is 12.6. The summed E-state index contributed by atoms with van der Waals surface area (Å²) in [7, 11) is 0. The fourth-order valence-electron chi connectivity index (χ4n) is 3.04. The van der Waals surface area contributed by atoms with E-state index >= 15 is 0 Å². The van der Waals surface area contributed by atoms with E-state index in [0.29, 0.717) is 23.6 Å². The van der Waals surface area contributed by atoms with Crippen LogP contribution >= 0.6 is 15.9 Å². The Morgan fingerprint density at radius 3 is 2.69 bits per heavy atom. The van der Waals surface area contributed by atoms with E-state index in [9.17, 15) is 9.59 Å². The van der Waals surface area contributed by atoms with Gasteiger partial charge in [0.15, 0.2) is 5.76 Å². The summed E-state index contributed by atoms with van der Waals surface area (Å²) >= 11 is 3.39. The van der Waals surface area contributed by atoms with Crippen molar-refractivity contribution in [1.82, 2.24) is 0 Å². The van der Waals surface area contributed by atoms with Gasteiger partial charge in [0.2, 0.25) is 0 Å². The van der Waals surface area contributed by atoms with E-state index in [0.717, 1.165) is 22.1 Å². The number of nitrogens with one attached hydrogen (secondary N) is 1. The lowest BCUT2D eigenvalue weighted by Crippen LogP contribution is -2.28. The number of carbonyl (C=O) groups excluding carboxylic acids is 2. The molecule has 1 aliphatic heterocycles. The number of hydrogen-bond donors (Lipinski definition) is 1. The van der Waals surface area contributed by atoms with E-state index in [4.69, 9.17) is 4.42 Å². The third kappa shape index (κ3) is 3.04. The van der Waals surface area contributed by atoms with Crippen LogP contribution in [0.25, 0.3) is 0 Å². The van der Waals surface area contributed by atoms with Gasteiger partial charge in [-0.2, -0.15) is 0 Å². The van der Waals surface area contributed by atoms with Crippen molar-refractivity contribution in [3.05, 3.63) is 82.2 Å². The standard InChI is InChI=1S/C20H15BrN2O3/c21-16-5-2-1-4-15(16)19(24)22-14-8-7-13-9-10-23(17(13)12-14)20(25)18-6-3-11-26-18/h1-8,11-12H,9-10H2,(H,22,24). The summed E-state index contributed by atoms with van der Waals surface area (Å²) in [4.78, 5) is 26.8. The van der Waals surface area contributed by atoms with Crippen LogP contribution in [0.4, 0.5) is 11.4 Å². The maximum atomic E-state index is 12.6. The Morgan fingerprint density at radius 1 is 1.08 bits per heavy atom. The van der Waals surface area contributed by atoms with Crippen LogP contribution < -0.4 is 10.2 Å². The predicted molar refractivity (Wildman–Crippen MR) is 103 cm³/mol. The Labute approximate surface area is 158 Å². The van der Waals surface area contributed by atoms with E-state index < -0.39 is 0 Å². The molecule has 0 saturated carbocycles. The Bertz CT molecular complexity index is 982. The summed E-state index contributed by atoms with van der Waals surface area (Å²) in [5.74, 6) is -0.0807. The first-order valence-corrected chi connectivity index (χ1v) is 8.97. The summed E-state index contributed by atoms with van der Waals surface area (Å²) in [6.07, 6.45) is 2.26. The molecule has 26 heavy (non-hydrogen) atoms. The molecule has 3 aromatic rings. The lowest BCUT2D eigenvalue weighted by atomic mass is 10.1. The molecule has 6 heteroatoms. The molecule has 2 aromatic carbocycles. The molecule has 0 spiro atoms. The number of anilines is 2. The summed E-state index contributed by atoms with van der Waals surface area (Å²) in [6.45, 7) is 0.594. The molecule has 5 nitrogen and oxygen atoms in total. The normalized spacial score (nSPS) is 12.7. The van der Waals surface area contributed by atoms with Gasteiger partial charge < -0.3 is 14.6 Å². The van der Waals surface area contributed by atoms with Gasteiger partial charge in [0.05, 0.1) is 11.8 Å². The molecule has 2 amide bonds. The Hall–Kier alpha value is -2.86. The zero-order chi connectivity index (χ0) is 18.1. The van der Waals surface area contributed by atoms with Gasteiger partial charge in [0, 0.05) is 22.4 Å². The van der Waals surface area contributed by atoms with Crippen LogP contribution in [0.15, 0.2) is 69.8 Å². The van der Waals surface area contributed by atoms with Crippen molar-refractivity contribution in [3.8, 4) is 0 Å². The lowest BCUT2D eigenvalue weighted by Gasteiger charge is -2.17. The summed E-state index contributed by atoms with van der Waals surface area (Å²) in [5.41, 5.74) is 3.07. The highest BCUT2D eigenvalue weighted by atomic mass is 79.9. The quantitative estimate of drug-likeness (QED) is 0.691. The fraction of sp³-hybridized carbons (Fsp3) is 0.100. The van der Waals surface area contributed by atoms with Crippen molar-refractivity contribution in [2.45, 2.75) is 6.42 Å². The van der Waals surface area contributed by atoms with Crippen molar-refractivity contribution < 1.29 is 14.0 Å². The van der Waals surface area contributed by atoms with Crippen molar-refractivity contribution in [2.75, 3.05) is 16.8 Å². The van der Waals surface area contributed by atoms with Gasteiger partial charge in [0.1, 0.15) is 0 Å². The molecule has 1 N–H and O–H groups in total. The molecule has 1 aromatic heterocycles. The SMILES string of the molecule is O=C(Nc1ccc2c(c1)N(C(=O)c1ccco1)CC2)c1ccccc1Br. The molecular formula is C20H15BrN2O3. The molecule has 2 heterocycles. The van der Waals surface area contributed by atoms with E-state index in [1.165, 1.54) is 6.26 Å². The molecule has 0 radical (unpaired) electrons. The minimum atomic E-state index is -0.209. The zero-order valence-electron chi connectivity index (χ0n) is 13.7. The number of carbonyl (C=O) groups is 2. The summed E-state index contributed by atoms with van der Waals surface area (Å²) in [6, 6.07) is 16.2. The number of fused-ring (bicyclic) bond motifs is 1. The smallest absolute Gasteiger partial charge is 0.293 e. The number of hydrogen-bond acceptors (Lipinski definition) is 3. The highest BCUT2D eigenvalue weighted by Crippen LogP contribution is 2.32. The number of benzene rings is 2. The molecule has 0 unspecified atom stereocenters. The molecule has 0 fully saturated rings. The minimum Gasteiger partial charge on any atom is -0.459 e. The van der Waals surface area contributed by atoms with Gasteiger partial charge in [0.25, 0.3) is 11.8 Å². The van der Waals surface area contributed by atoms with Crippen molar-refractivity contribution in [1.29, 1.82) is 0 Å². The topological polar surface area (TPSA) is 62.6 Å².